The van der Waals surface area contributed by atoms with Crippen molar-refractivity contribution < 1.29 is 0 Å². The Morgan fingerprint density at radius 3 is 2.75 bits per heavy atom. The second-order valence-corrected chi connectivity index (χ2v) is 3.92. The highest BCUT2D eigenvalue weighted by atomic mass is 15.0. The Labute approximate surface area is 97.0 Å². The molecule has 1 atom stereocenters. The van der Waals surface area contributed by atoms with Crippen LogP contribution < -0.4 is 0 Å². The Hall–Kier alpha value is -1.57. The number of nitrogens with zero attached hydrogens (tertiary/aromatic N) is 2. The molecule has 1 aromatic carbocycles. The highest BCUT2D eigenvalue weighted by molar-refractivity contribution is 5.20. The fourth-order valence-corrected chi connectivity index (χ4v) is 1.94. The third-order valence-electron chi connectivity index (χ3n) is 2.80. The van der Waals surface area contributed by atoms with E-state index in [4.69, 9.17) is 0 Å². The molecule has 1 radical (unpaired) electrons. The maximum atomic E-state index is 4.13. The predicted octanol–water partition coefficient (Wildman–Crippen LogP) is 3.48. The molecule has 0 aliphatic carbocycles. The summed E-state index contributed by atoms with van der Waals surface area (Å²) in [5.74, 6) is 0. The van der Waals surface area contributed by atoms with Gasteiger partial charge in [0.2, 0.25) is 0 Å². The van der Waals surface area contributed by atoms with Crippen molar-refractivity contribution in [1.29, 1.82) is 0 Å². The average Bonchev–Trinajstić information content (AvgIpc) is 2.85. The molecule has 2 rings (SSSR count). The molecular formula is C14H17N2. The van der Waals surface area contributed by atoms with E-state index in [9.17, 15) is 0 Å². The number of benzene rings is 1. The zero-order chi connectivity index (χ0) is 11.2. The number of hydrogen-bond donors (Lipinski definition) is 0. The van der Waals surface area contributed by atoms with Gasteiger partial charge in [0, 0.05) is 12.4 Å². The summed E-state index contributed by atoms with van der Waals surface area (Å²) in [6, 6.07) is 11.0. The molecule has 0 aliphatic rings. The van der Waals surface area contributed by atoms with E-state index in [1.165, 1.54) is 5.56 Å². The normalized spacial score (nSPS) is 12.6. The topological polar surface area (TPSA) is 17.8 Å². The molecule has 0 saturated carbocycles. The summed E-state index contributed by atoms with van der Waals surface area (Å²) in [6.07, 6.45) is 10.2. The van der Waals surface area contributed by atoms with Crippen molar-refractivity contribution in [3.63, 3.8) is 0 Å². The van der Waals surface area contributed by atoms with Crippen LogP contribution in [-0.2, 0) is 0 Å². The largest absolute Gasteiger partial charge is 0.330 e. The van der Waals surface area contributed by atoms with Gasteiger partial charge >= 0.3 is 0 Å². The van der Waals surface area contributed by atoms with Crippen molar-refractivity contribution in [2.75, 3.05) is 0 Å². The van der Waals surface area contributed by atoms with E-state index in [-0.39, 0.29) is 0 Å². The van der Waals surface area contributed by atoms with Gasteiger partial charge in [-0.15, -0.1) is 0 Å². The van der Waals surface area contributed by atoms with E-state index in [1.807, 2.05) is 18.7 Å². The maximum Gasteiger partial charge on any atom is 0.0951 e. The summed E-state index contributed by atoms with van der Waals surface area (Å²) in [7, 11) is 0. The van der Waals surface area contributed by atoms with Crippen molar-refractivity contribution in [1.82, 2.24) is 9.55 Å². The number of rotatable bonds is 5. The zero-order valence-corrected chi connectivity index (χ0v) is 9.58. The first-order valence-corrected chi connectivity index (χ1v) is 5.72. The lowest BCUT2D eigenvalue weighted by atomic mass is 10.0. The summed E-state index contributed by atoms with van der Waals surface area (Å²) < 4.78 is 2.18. The quantitative estimate of drug-likeness (QED) is 0.743. The Morgan fingerprint density at radius 2 is 2.12 bits per heavy atom. The third-order valence-corrected chi connectivity index (χ3v) is 2.80. The first-order valence-electron chi connectivity index (χ1n) is 5.72. The SMILES string of the molecule is C[CH]CCC(c1ccccc1)n1ccnc1. The Kier molecular flexibility index (Phi) is 3.76. The van der Waals surface area contributed by atoms with Crippen LogP contribution in [0, 0.1) is 6.42 Å². The summed E-state index contributed by atoms with van der Waals surface area (Å²) in [4.78, 5) is 4.13. The Morgan fingerprint density at radius 1 is 1.31 bits per heavy atom. The van der Waals surface area contributed by atoms with Crippen LogP contribution in [0.5, 0.6) is 0 Å². The minimum atomic E-state index is 0.403. The van der Waals surface area contributed by atoms with Crippen LogP contribution in [0.3, 0.4) is 0 Å². The molecule has 2 nitrogen and oxygen atoms in total. The molecule has 0 amide bonds. The van der Waals surface area contributed by atoms with Gasteiger partial charge in [0.15, 0.2) is 0 Å². The van der Waals surface area contributed by atoms with Crippen LogP contribution in [0.4, 0.5) is 0 Å². The van der Waals surface area contributed by atoms with Crippen molar-refractivity contribution >= 4 is 0 Å². The Balaban J connectivity index is 2.21. The number of aromatic nitrogens is 2. The molecule has 0 N–H and O–H groups in total. The molecule has 1 unspecified atom stereocenters. The van der Waals surface area contributed by atoms with E-state index in [1.54, 1.807) is 0 Å². The van der Waals surface area contributed by atoms with Gasteiger partial charge in [-0.3, -0.25) is 0 Å². The molecule has 1 heterocycles. The van der Waals surface area contributed by atoms with Gasteiger partial charge in [-0.25, -0.2) is 4.98 Å². The third kappa shape index (κ3) is 2.51. The molecule has 0 saturated heterocycles. The van der Waals surface area contributed by atoms with Gasteiger partial charge in [-0.2, -0.15) is 0 Å². The van der Waals surface area contributed by atoms with Crippen LogP contribution >= 0.6 is 0 Å². The molecule has 0 fully saturated rings. The van der Waals surface area contributed by atoms with Gasteiger partial charge in [0.1, 0.15) is 0 Å². The summed E-state index contributed by atoms with van der Waals surface area (Å²) in [5.41, 5.74) is 1.35. The van der Waals surface area contributed by atoms with Gasteiger partial charge in [-0.05, 0) is 24.8 Å². The molecule has 83 valence electrons. The van der Waals surface area contributed by atoms with Crippen molar-refractivity contribution in [3.8, 4) is 0 Å². The lowest BCUT2D eigenvalue weighted by Crippen LogP contribution is -2.08. The monoisotopic (exact) mass is 213 g/mol. The number of hydrogen-bond acceptors (Lipinski definition) is 1. The second kappa shape index (κ2) is 5.50. The van der Waals surface area contributed by atoms with Gasteiger partial charge in [0.25, 0.3) is 0 Å². The van der Waals surface area contributed by atoms with Gasteiger partial charge in [-0.1, -0.05) is 37.3 Å². The first-order chi connectivity index (χ1) is 7.92. The molecule has 2 heteroatoms. The summed E-state index contributed by atoms with van der Waals surface area (Å²) in [5, 5.41) is 0. The lowest BCUT2D eigenvalue weighted by Gasteiger charge is -2.18. The molecular weight excluding hydrogens is 196 g/mol. The van der Waals surface area contributed by atoms with Crippen molar-refractivity contribution in [2.45, 2.75) is 25.8 Å². The van der Waals surface area contributed by atoms with Gasteiger partial charge in [0.05, 0.1) is 12.4 Å². The van der Waals surface area contributed by atoms with E-state index in [0.717, 1.165) is 12.8 Å². The van der Waals surface area contributed by atoms with E-state index >= 15 is 0 Å². The Bertz CT molecular complexity index is 392. The highest BCUT2D eigenvalue weighted by Gasteiger charge is 2.11. The predicted molar refractivity (Wildman–Crippen MR) is 66.0 cm³/mol. The fourth-order valence-electron chi connectivity index (χ4n) is 1.94. The minimum Gasteiger partial charge on any atom is -0.330 e. The standard InChI is InChI=1S/C14H17N2/c1-2-3-9-14(16-11-10-15-12-16)13-7-5-4-6-8-13/h2,4-8,10-12,14H,3,9H2,1H3. The van der Waals surface area contributed by atoms with E-state index < -0.39 is 0 Å². The van der Waals surface area contributed by atoms with Crippen LogP contribution in [0.2, 0.25) is 0 Å². The molecule has 16 heavy (non-hydrogen) atoms. The minimum absolute atomic E-state index is 0.403. The highest BCUT2D eigenvalue weighted by Crippen LogP contribution is 2.23. The number of imidazole rings is 1. The van der Waals surface area contributed by atoms with E-state index in [2.05, 4.69) is 53.2 Å². The van der Waals surface area contributed by atoms with Crippen LogP contribution in [0.15, 0.2) is 49.1 Å². The molecule has 2 aromatic rings. The lowest BCUT2D eigenvalue weighted by molar-refractivity contribution is 0.537. The maximum absolute atomic E-state index is 4.13. The average molecular weight is 213 g/mol. The van der Waals surface area contributed by atoms with E-state index in [0.29, 0.717) is 6.04 Å². The second-order valence-electron chi connectivity index (χ2n) is 3.92. The fraction of sp³-hybridized carbons (Fsp3) is 0.286. The molecule has 0 spiro atoms. The first kappa shape index (κ1) is 10.9. The van der Waals surface area contributed by atoms with Crippen LogP contribution in [0.1, 0.15) is 31.4 Å². The zero-order valence-electron chi connectivity index (χ0n) is 9.58. The number of unbranched alkanes of at least 4 members (excludes halogenated alkanes) is 1. The van der Waals surface area contributed by atoms with Crippen molar-refractivity contribution in [3.05, 3.63) is 61.0 Å². The molecule has 0 aliphatic heterocycles. The van der Waals surface area contributed by atoms with Crippen LogP contribution in [-0.4, -0.2) is 9.55 Å². The van der Waals surface area contributed by atoms with Gasteiger partial charge < -0.3 is 4.57 Å². The summed E-state index contributed by atoms with van der Waals surface area (Å²) in [6.45, 7) is 2.11. The van der Waals surface area contributed by atoms with Crippen molar-refractivity contribution in [2.24, 2.45) is 0 Å². The summed E-state index contributed by atoms with van der Waals surface area (Å²) >= 11 is 0. The molecule has 1 aromatic heterocycles. The van der Waals surface area contributed by atoms with Crippen LogP contribution in [0.25, 0.3) is 0 Å². The molecule has 0 bridgehead atoms. The smallest absolute Gasteiger partial charge is 0.0951 e.